The summed E-state index contributed by atoms with van der Waals surface area (Å²) < 4.78 is 0. The Morgan fingerprint density at radius 1 is 1.04 bits per heavy atom. The second kappa shape index (κ2) is 6.89. The lowest BCUT2D eigenvalue weighted by Crippen LogP contribution is -2.41. The van der Waals surface area contributed by atoms with Gasteiger partial charge in [0, 0.05) is 5.56 Å². The van der Waals surface area contributed by atoms with Gasteiger partial charge in [0.05, 0.1) is 6.54 Å². The number of carbonyl (C=O) groups excluding carboxylic acids is 3. The maximum Gasteiger partial charge on any atom is 0.325 e. The fourth-order valence-corrected chi connectivity index (χ4v) is 4.06. The molecular formula is C23H24N2O3. The standard InChI is InChI=1S/C23H24N2O3/c1-15-7-11-19(12-8-15)23(2)21(27)25(22(28)24-23)14-20(26)18-10-9-16-5-3-4-6-17(16)13-18/h7-13H,3-6,14H2,1-2H3,(H,24,28)/t23-/m1/s1. The number of ketones is 1. The Kier molecular flexibility index (Phi) is 4.53. The second-order valence-electron chi connectivity index (χ2n) is 7.93. The smallest absolute Gasteiger partial charge is 0.319 e. The number of aryl methyl sites for hydroxylation is 3. The van der Waals surface area contributed by atoms with E-state index in [1.165, 1.54) is 17.5 Å². The van der Waals surface area contributed by atoms with E-state index in [4.69, 9.17) is 0 Å². The summed E-state index contributed by atoms with van der Waals surface area (Å²) in [5, 5.41) is 2.76. The minimum absolute atomic E-state index is 0.218. The molecule has 1 fully saturated rings. The van der Waals surface area contributed by atoms with Gasteiger partial charge in [0.1, 0.15) is 5.54 Å². The minimum Gasteiger partial charge on any atom is -0.319 e. The average Bonchev–Trinajstić information content (AvgIpc) is 2.92. The van der Waals surface area contributed by atoms with E-state index in [1.54, 1.807) is 6.92 Å². The number of amides is 3. The van der Waals surface area contributed by atoms with Crippen molar-refractivity contribution in [3.8, 4) is 0 Å². The molecule has 2 aromatic carbocycles. The van der Waals surface area contributed by atoms with Gasteiger partial charge < -0.3 is 5.32 Å². The summed E-state index contributed by atoms with van der Waals surface area (Å²) in [6.07, 6.45) is 4.34. The monoisotopic (exact) mass is 376 g/mol. The molecule has 5 nitrogen and oxygen atoms in total. The maximum absolute atomic E-state index is 13.0. The van der Waals surface area contributed by atoms with Crippen LogP contribution in [0.15, 0.2) is 42.5 Å². The molecule has 4 rings (SSSR count). The normalized spacial score (nSPS) is 21.4. The van der Waals surface area contributed by atoms with E-state index >= 15 is 0 Å². The van der Waals surface area contributed by atoms with E-state index in [2.05, 4.69) is 5.32 Å². The van der Waals surface area contributed by atoms with Crippen molar-refractivity contribution in [1.82, 2.24) is 10.2 Å². The summed E-state index contributed by atoms with van der Waals surface area (Å²) in [5.74, 6) is -0.613. The van der Waals surface area contributed by atoms with Crippen molar-refractivity contribution in [1.29, 1.82) is 0 Å². The van der Waals surface area contributed by atoms with Crippen LogP contribution in [0.5, 0.6) is 0 Å². The molecule has 144 valence electrons. The Morgan fingerprint density at radius 3 is 2.43 bits per heavy atom. The molecule has 0 radical (unpaired) electrons. The predicted molar refractivity (Wildman–Crippen MR) is 106 cm³/mol. The number of carbonyl (C=O) groups is 3. The van der Waals surface area contributed by atoms with Crippen molar-refractivity contribution in [2.24, 2.45) is 0 Å². The molecule has 1 saturated heterocycles. The molecule has 3 amide bonds. The number of hydrogen-bond donors (Lipinski definition) is 1. The Labute approximate surface area is 164 Å². The number of nitrogens with zero attached hydrogens (tertiary/aromatic N) is 1. The number of urea groups is 1. The first-order valence-corrected chi connectivity index (χ1v) is 9.75. The summed E-state index contributed by atoms with van der Waals surface area (Å²) in [6, 6.07) is 12.7. The van der Waals surface area contributed by atoms with Gasteiger partial charge in [0.15, 0.2) is 5.78 Å². The minimum atomic E-state index is -1.15. The van der Waals surface area contributed by atoms with Crippen LogP contribution in [0.2, 0.25) is 0 Å². The molecule has 0 spiro atoms. The molecule has 2 aromatic rings. The fraction of sp³-hybridized carbons (Fsp3) is 0.348. The van der Waals surface area contributed by atoms with Gasteiger partial charge >= 0.3 is 6.03 Å². The molecule has 1 heterocycles. The van der Waals surface area contributed by atoms with Crippen molar-refractivity contribution in [2.75, 3.05) is 6.54 Å². The van der Waals surface area contributed by atoms with Crippen molar-refractivity contribution < 1.29 is 14.4 Å². The van der Waals surface area contributed by atoms with Crippen molar-refractivity contribution >= 4 is 17.7 Å². The third-order valence-electron chi connectivity index (χ3n) is 5.88. The zero-order valence-corrected chi connectivity index (χ0v) is 16.2. The number of rotatable bonds is 4. The lowest BCUT2D eigenvalue weighted by Gasteiger charge is -2.22. The molecule has 0 saturated carbocycles. The summed E-state index contributed by atoms with van der Waals surface area (Å²) in [6.45, 7) is 3.40. The summed E-state index contributed by atoms with van der Waals surface area (Å²) in [7, 11) is 0. The Bertz CT molecular complexity index is 964. The molecule has 1 N–H and O–H groups in total. The number of fused-ring (bicyclic) bond motifs is 1. The van der Waals surface area contributed by atoms with Crippen LogP contribution in [0.3, 0.4) is 0 Å². The van der Waals surface area contributed by atoms with Crippen molar-refractivity contribution in [3.63, 3.8) is 0 Å². The third-order valence-corrected chi connectivity index (χ3v) is 5.88. The highest BCUT2D eigenvalue weighted by molar-refractivity contribution is 6.11. The number of hydrogen-bond acceptors (Lipinski definition) is 3. The Hall–Kier alpha value is -2.95. The highest BCUT2D eigenvalue weighted by Crippen LogP contribution is 2.29. The van der Waals surface area contributed by atoms with Crippen LogP contribution in [-0.2, 0) is 23.2 Å². The van der Waals surface area contributed by atoms with Crippen LogP contribution in [-0.4, -0.2) is 29.2 Å². The van der Waals surface area contributed by atoms with Crippen LogP contribution in [0.4, 0.5) is 4.79 Å². The van der Waals surface area contributed by atoms with E-state index in [0.29, 0.717) is 11.1 Å². The molecule has 2 aliphatic rings. The summed E-state index contributed by atoms with van der Waals surface area (Å²) in [4.78, 5) is 39.3. The van der Waals surface area contributed by atoms with Gasteiger partial charge in [0.25, 0.3) is 5.91 Å². The predicted octanol–water partition coefficient (Wildman–Crippen LogP) is 3.52. The molecule has 1 aliphatic carbocycles. The van der Waals surface area contributed by atoms with Crippen molar-refractivity contribution in [2.45, 2.75) is 45.1 Å². The second-order valence-corrected chi connectivity index (χ2v) is 7.93. The Balaban J connectivity index is 1.55. The molecule has 1 aliphatic heterocycles. The van der Waals surface area contributed by atoms with E-state index in [0.717, 1.165) is 29.7 Å². The van der Waals surface area contributed by atoms with Crippen molar-refractivity contribution in [3.05, 3.63) is 70.3 Å². The average molecular weight is 376 g/mol. The van der Waals surface area contributed by atoms with Crippen LogP contribution >= 0.6 is 0 Å². The number of benzene rings is 2. The third kappa shape index (κ3) is 3.11. The van der Waals surface area contributed by atoms with Gasteiger partial charge in [-0.1, -0.05) is 42.0 Å². The Morgan fingerprint density at radius 2 is 1.71 bits per heavy atom. The zero-order chi connectivity index (χ0) is 19.9. The quantitative estimate of drug-likeness (QED) is 0.656. The van der Waals surface area contributed by atoms with Gasteiger partial charge in [0.2, 0.25) is 0 Å². The molecule has 0 bridgehead atoms. The molecule has 5 heteroatoms. The highest BCUT2D eigenvalue weighted by Gasteiger charge is 2.49. The summed E-state index contributed by atoms with van der Waals surface area (Å²) >= 11 is 0. The van der Waals surface area contributed by atoms with E-state index in [9.17, 15) is 14.4 Å². The fourth-order valence-electron chi connectivity index (χ4n) is 4.06. The van der Waals surface area contributed by atoms with E-state index in [-0.39, 0.29) is 12.3 Å². The van der Waals surface area contributed by atoms with Crippen LogP contribution < -0.4 is 5.32 Å². The first kappa shape index (κ1) is 18.4. The van der Waals surface area contributed by atoms with Crippen LogP contribution in [0, 0.1) is 6.92 Å². The van der Waals surface area contributed by atoms with Crippen LogP contribution in [0.25, 0.3) is 0 Å². The first-order chi connectivity index (χ1) is 13.4. The van der Waals surface area contributed by atoms with E-state index < -0.39 is 17.5 Å². The molecule has 0 unspecified atom stereocenters. The SMILES string of the molecule is Cc1ccc([C@@]2(C)NC(=O)N(CC(=O)c3ccc4c(c3)CCCC4)C2=O)cc1. The molecule has 1 atom stereocenters. The largest absolute Gasteiger partial charge is 0.325 e. The maximum atomic E-state index is 13.0. The number of nitrogens with one attached hydrogen (secondary N) is 1. The molecule has 28 heavy (non-hydrogen) atoms. The van der Waals surface area contributed by atoms with Gasteiger partial charge in [-0.2, -0.15) is 0 Å². The lowest BCUT2D eigenvalue weighted by molar-refractivity contribution is -0.130. The van der Waals surface area contributed by atoms with Crippen LogP contribution in [0.1, 0.15) is 52.4 Å². The van der Waals surface area contributed by atoms with E-state index in [1.807, 2.05) is 49.4 Å². The lowest BCUT2D eigenvalue weighted by atomic mass is 9.89. The highest BCUT2D eigenvalue weighted by atomic mass is 16.2. The van der Waals surface area contributed by atoms with Gasteiger partial charge in [-0.25, -0.2) is 4.79 Å². The summed E-state index contributed by atoms with van der Waals surface area (Å²) in [5.41, 5.74) is 3.69. The number of imide groups is 1. The van der Waals surface area contributed by atoms with Gasteiger partial charge in [-0.05, 0) is 62.3 Å². The molecular weight excluding hydrogens is 352 g/mol. The zero-order valence-electron chi connectivity index (χ0n) is 16.2. The topological polar surface area (TPSA) is 66.5 Å². The first-order valence-electron chi connectivity index (χ1n) is 9.75. The number of Topliss-reactive ketones (excluding diaryl/α,β-unsaturated/α-hetero) is 1. The molecule has 0 aromatic heterocycles. The van der Waals surface area contributed by atoms with Gasteiger partial charge in [-0.15, -0.1) is 0 Å². The van der Waals surface area contributed by atoms with Gasteiger partial charge in [-0.3, -0.25) is 14.5 Å².